The van der Waals surface area contributed by atoms with Gasteiger partial charge >= 0.3 is 5.97 Å². The molecule has 0 fully saturated rings. The molecule has 0 aliphatic heterocycles. The summed E-state index contributed by atoms with van der Waals surface area (Å²) in [5.41, 5.74) is 5.51. The Balaban J connectivity index is 2.19. The molecule has 1 aliphatic rings. The molecule has 3 rings (SSSR count). The van der Waals surface area contributed by atoms with Crippen molar-refractivity contribution in [2.24, 2.45) is 5.92 Å². The Bertz CT molecular complexity index is 716. The second-order valence-corrected chi connectivity index (χ2v) is 6.13. The summed E-state index contributed by atoms with van der Waals surface area (Å²) >= 11 is 0. The molecule has 4 nitrogen and oxygen atoms in total. The number of carbonyl (C=O) groups is 1. The highest BCUT2D eigenvalue weighted by Crippen LogP contribution is 2.30. The fraction of sp³-hybridized carbons (Fsp3) is 0.412. The Labute approximate surface area is 124 Å². The molecule has 1 aliphatic carbocycles. The summed E-state index contributed by atoms with van der Waals surface area (Å²) in [5.74, 6) is -0.406. The van der Waals surface area contributed by atoms with Gasteiger partial charge in [-0.3, -0.25) is 0 Å². The first-order valence-corrected chi connectivity index (χ1v) is 7.39. The van der Waals surface area contributed by atoms with Crippen LogP contribution < -0.4 is 0 Å². The number of fused-ring (bicyclic) bond motifs is 1. The van der Waals surface area contributed by atoms with E-state index >= 15 is 0 Å². The van der Waals surface area contributed by atoms with Crippen molar-refractivity contribution in [1.82, 2.24) is 9.78 Å². The van der Waals surface area contributed by atoms with E-state index in [4.69, 9.17) is 0 Å². The van der Waals surface area contributed by atoms with Crippen LogP contribution in [0.2, 0.25) is 0 Å². The highest BCUT2D eigenvalue weighted by Gasteiger charge is 2.28. The summed E-state index contributed by atoms with van der Waals surface area (Å²) in [6.07, 6.45) is 2.79. The summed E-state index contributed by atoms with van der Waals surface area (Å²) in [7, 11) is 0. The Hall–Kier alpha value is -2.10. The van der Waals surface area contributed by atoms with Crippen molar-refractivity contribution < 1.29 is 9.90 Å². The maximum Gasteiger partial charge on any atom is 0.356 e. The maximum absolute atomic E-state index is 11.5. The maximum atomic E-state index is 11.5. The summed E-state index contributed by atoms with van der Waals surface area (Å²) in [6, 6.07) is 6.18. The van der Waals surface area contributed by atoms with Gasteiger partial charge in [0, 0.05) is 11.3 Å². The molecule has 110 valence electrons. The van der Waals surface area contributed by atoms with E-state index in [0.717, 1.165) is 41.8 Å². The lowest BCUT2D eigenvalue weighted by Crippen LogP contribution is -2.15. The summed E-state index contributed by atoms with van der Waals surface area (Å²) in [5, 5.41) is 13.8. The van der Waals surface area contributed by atoms with Gasteiger partial charge in [0.25, 0.3) is 0 Å². The lowest BCUT2D eigenvalue weighted by atomic mass is 9.87. The topological polar surface area (TPSA) is 55.1 Å². The number of hydrogen-bond donors (Lipinski definition) is 1. The van der Waals surface area contributed by atoms with Gasteiger partial charge in [0.2, 0.25) is 0 Å². The first-order chi connectivity index (χ1) is 9.97. The fourth-order valence-electron chi connectivity index (χ4n) is 3.20. The minimum absolute atomic E-state index is 0.219. The molecule has 1 aromatic carbocycles. The molecule has 21 heavy (non-hydrogen) atoms. The van der Waals surface area contributed by atoms with E-state index < -0.39 is 5.97 Å². The molecule has 1 N–H and O–H groups in total. The van der Waals surface area contributed by atoms with Crippen LogP contribution in [0.4, 0.5) is 0 Å². The van der Waals surface area contributed by atoms with Crippen molar-refractivity contribution in [3.63, 3.8) is 0 Å². The normalized spacial score (nSPS) is 17.6. The van der Waals surface area contributed by atoms with E-state index in [1.807, 2.05) is 23.7 Å². The third-order valence-electron chi connectivity index (χ3n) is 4.30. The predicted molar refractivity (Wildman–Crippen MR) is 81.2 cm³/mol. The number of aryl methyl sites for hydroxylation is 2. The van der Waals surface area contributed by atoms with Gasteiger partial charge in [0.05, 0.1) is 5.69 Å². The second-order valence-electron chi connectivity index (χ2n) is 6.13. The third kappa shape index (κ3) is 2.35. The Kier molecular flexibility index (Phi) is 3.32. The number of carboxylic acids is 1. The number of carboxylic acid groups (broad SMARTS) is 1. The van der Waals surface area contributed by atoms with Crippen LogP contribution in [0.3, 0.4) is 0 Å². The number of hydrogen-bond acceptors (Lipinski definition) is 2. The van der Waals surface area contributed by atoms with E-state index in [9.17, 15) is 9.90 Å². The average molecular weight is 284 g/mol. The highest BCUT2D eigenvalue weighted by atomic mass is 16.4. The SMILES string of the molecule is Cc1ccc(-n2nc(C(=O)O)c3c2CCC(C)C3)c(C)c1. The van der Waals surface area contributed by atoms with Crippen molar-refractivity contribution in [3.05, 3.63) is 46.3 Å². The molecule has 1 heterocycles. The molecule has 0 radical (unpaired) electrons. The standard InChI is InChI=1S/C17H20N2O2/c1-10-4-6-14(12(3)8-10)19-15-7-5-11(2)9-13(15)16(18-19)17(20)21/h4,6,8,11H,5,7,9H2,1-3H3,(H,20,21). The van der Waals surface area contributed by atoms with Gasteiger partial charge in [0.1, 0.15) is 0 Å². The van der Waals surface area contributed by atoms with Crippen LogP contribution in [0.15, 0.2) is 18.2 Å². The van der Waals surface area contributed by atoms with Gasteiger partial charge in [-0.05, 0) is 50.7 Å². The van der Waals surface area contributed by atoms with Crippen LogP contribution in [0, 0.1) is 19.8 Å². The van der Waals surface area contributed by atoms with E-state index in [-0.39, 0.29) is 5.69 Å². The first-order valence-electron chi connectivity index (χ1n) is 7.39. The quantitative estimate of drug-likeness (QED) is 0.920. The van der Waals surface area contributed by atoms with Crippen LogP contribution in [0.25, 0.3) is 5.69 Å². The summed E-state index contributed by atoms with van der Waals surface area (Å²) in [4.78, 5) is 11.5. The Morgan fingerprint density at radius 2 is 2.14 bits per heavy atom. The molecule has 0 saturated heterocycles. The average Bonchev–Trinajstić information content (AvgIpc) is 2.77. The molecule has 1 aromatic heterocycles. The zero-order valence-corrected chi connectivity index (χ0v) is 12.7. The van der Waals surface area contributed by atoms with Gasteiger partial charge in [-0.2, -0.15) is 5.10 Å². The third-order valence-corrected chi connectivity index (χ3v) is 4.30. The minimum Gasteiger partial charge on any atom is -0.476 e. The summed E-state index contributed by atoms with van der Waals surface area (Å²) in [6.45, 7) is 6.27. The zero-order valence-electron chi connectivity index (χ0n) is 12.7. The monoisotopic (exact) mass is 284 g/mol. The smallest absolute Gasteiger partial charge is 0.356 e. The van der Waals surface area contributed by atoms with Crippen molar-refractivity contribution in [2.45, 2.75) is 40.0 Å². The highest BCUT2D eigenvalue weighted by molar-refractivity contribution is 5.87. The van der Waals surface area contributed by atoms with Crippen LogP contribution in [0.5, 0.6) is 0 Å². The molecule has 0 saturated carbocycles. The van der Waals surface area contributed by atoms with Crippen LogP contribution in [0.1, 0.15) is 46.2 Å². The van der Waals surface area contributed by atoms with Gasteiger partial charge in [-0.1, -0.05) is 24.6 Å². The van der Waals surface area contributed by atoms with Crippen LogP contribution in [-0.4, -0.2) is 20.9 Å². The number of benzene rings is 1. The Morgan fingerprint density at radius 1 is 1.38 bits per heavy atom. The lowest BCUT2D eigenvalue weighted by molar-refractivity contribution is 0.0688. The second kappa shape index (κ2) is 5.02. The molecular formula is C17H20N2O2. The zero-order chi connectivity index (χ0) is 15.1. The molecule has 0 spiro atoms. The largest absolute Gasteiger partial charge is 0.476 e. The number of rotatable bonds is 2. The van der Waals surface area contributed by atoms with Crippen molar-refractivity contribution in [3.8, 4) is 5.69 Å². The van der Waals surface area contributed by atoms with E-state index in [2.05, 4.69) is 25.0 Å². The van der Waals surface area contributed by atoms with Crippen LogP contribution >= 0.6 is 0 Å². The lowest BCUT2D eigenvalue weighted by Gasteiger charge is -2.20. The van der Waals surface area contributed by atoms with E-state index in [1.54, 1.807) is 0 Å². The molecule has 1 unspecified atom stereocenters. The predicted octanol–water partition coefficient (Wildman–Crippen LogP) is 3.31. The number of aromatic carboxylic acids is 1. The Morgan fingerprint density at radius 3 is 2.81 bits per heavy atom. The van der Waals surface area contributed by atoms with Gasteiger partial charge < -0.3 is 5.11 Å². The van der Waals surface area contributed by atoms with Crippen molar-refractivity contribution >= 4 is 5.97 Å². The summed E-state index contributed by atoms with van der Waals surface area (Å²) < 4.78 is 1.85. The molecule has 2 aromatic rings. The molecule has 1 atom stereocenters. The molecule has 0 amide bonds. The fourth-order valence-corrected chi connectivity index (χ4v) is 3.20. The van der Waals surface area contributed by atoms with E-state index in [0.29, 0.717) is 5.92 Å². The van der Waals surface area contributed by atoms with Crippen molar-refractivity contribution in [2.75, 3.05) is 0 Å². The van der Waals surface area contributed by atoms with Gasteiger partial charge in [-0.25, -0.2) is 9.48 Å². The number of aromatic nitrogens is 2. The van der Waals surface area contributed by atoms with E-state index in [1.165, 1.54) is 5.56 Å². The molecule has 0 bridgehead atoms. The number of nitrogens with zero attached hydrogens (tertiary/aromatic N) is 2. The molecule has 4 heteroatoms. The van der Waals surface area contributed by atoms with Gasteiger partial charge in [-0.15, -0.1) is 0 Å². The van der Waals surface area contributed by atoms with Crippen molar-refractivity contribution in [1.29, 1.82) is 0 Å². The first kappa shape index (κ1) is 13.9. The minimum atomic E-state index is -0.927. The molecular weight excluding hydrogens is 264 g/mol. The van der Waals surface area contributed by atoms with Crippen LogP contribution in [-0.2, 0) is 12.8 Å². The van der Waals surface area contributed by atoms with Gasteiger partial charge in [0.15, 0.2) is 5.69 Å².